The molecule has 0 heterocycles. The van der Waals surface area contributed by atoms with Crippen LogP contribution < -0.4 is 10.5 Å². The predicted molar refractivity (Wildman–Crippen MR) is 81.6 cm³/mol. The molecule has 3 nitrogen and oxygen atoms in total. The van der Waals surface area contributed by atoms with Crippen LogP contribution in [-0.2, 0) is 6.42 Å². The van der Waals surface area contributed by atoms with Crippen molar-refractivity contribution in [3.8, 4) is 5.75 Å². The number of rotatable bonds is 8. The summed E-state index contributed by atoms with van der Waals surface area (Å²) in [6, 6.07) is 8.33. The molecule has 0 fully saturated rings. The van der Waals surface area contributed by atoms with Crippen molar-refractivity contribution in [3.05, 3.63) is 29.8 Å². The van der Waals surface area contributed by atoms with Crippen LogP contribution in [0.4, 0.5) is 0 Å². The van der Waals surface area contributed by atoms with E-state index < -0.39 is 0 Å². The van der Waals surface area contributed by atoms with Crippen LogP contribution in [0.3, 0.4) is 0 Å². The standard InChI is InChI=1S/C16H28N2O/c1-5-18(13-16(2,3)12-17)11-10-14-6-8-15(19-4)9-7-14/h6-9H,5,10-13,17H2,1-4H3. The van der Waals surface area contributed by atoms with E-state index in [0.717, 1.165) is 38.3 Å². The van der Waals surface area contributed by atoms with Crippen molar-refractivity contribution in [1.82, 2.24) is 4.90 Å². The predicted octanol–water partition coefficient (Wildman–Crippen LogP) is 2.54. The maximum atomic E-state index is 5.81. The van der Waals surface area contributed by atoms with Crippen LogP contribution in [0.5, 0.6) is 5.75 Å². The summed E-state index contributed by atoms with van der Waals surface area (Å²) in [6.07, 6.45) is 1.07. The molecule has 0 aliphatic carbocycles. The lowest BCUT2D eigenvalue weighted by Gasteiger charge is -2.31. The van der Waals surface area contributed by atoms with Crippen LogP contribution in [0.2, 0.25) is 0 Å². The first-order valence-corrected chi connectivity index (χ1v) is 7.06. The van der Waals surface area contributed by atoms with Gasteiger partial charge in [0.2, 0.25) is 0 Å². The highest BCUT2D eigenvalue weighted by Gasteiger charge is 2.18. The Morgan fingerprint density at radius 3 is 2.32 bits per heavy atom. The van der Waals surface area contributed by atoms with Crippen molar-refractivity contribution in [2.45, 2.75) is 27.2 Å². The van der Waals surface area contributed by atoms with Gasteiger partial charge in [0.1, 0.15) is 5.75 Å². The largest absolute Gasteiger partial charge is 0.497 e. The van der Waals surface area contributed by atoms with E-state index in [2.05, 4.69) is 37.8 Å². The Morgan fingerprint density at radius 2 is 1.84 bits per heavy atom. The topological polar surface area (TPSA) is 38.5 Å². The van der Waals surface area contributed by atoms with Crippen LogP contribution in [0.25, 0.3) is 0 Å². The summed E-state index contributed by atoms with van der Waals surface area (Å²) in [5, 5.41) is 0. The minimum atomic E-state index is 0.190. The first kappa shape index (κ1) is 16.0. The van der Waals surface area contributed by atoms with Gasteiger partial charge < -0.3 is 15.4 Å². The Hall–Kier alpha value is -1.06. The van der Waals surface area contributed by atoms with Crippen LogP contribution in [-0.4, -0.2) is 38.2 Å². The number of hydrogen-bond acceptors (Lipinski definition) is 3. The van der Waals surface area contributed by atoms with Gasteiger partial charge in [0.25, 0.3) is 0 Å². The molecule has 0 aliphatic rings. The Kier molecular flexibility index (Phi) is 6.32. The van der Waals surface area contributed by atoms with Crippen molar-refractivity contribution in [2.75, 3.05) is 33.3 Å². The fourth-order valence-corrected chi connectivity index (χ4v) is 2.10. The number of ether oxygens (including phenoxy) is 1. The average molecular weight is 264 g/mol. The second kappa shape index (κ2) is 7.51. The number of methoxy groups -OCH3 is 1. The van der Waals surface area contributed by atoms with Gasteiger partial charge in [-0.25, -0.2) is 0 Å². The summed E-state index contributed by atoms with van der Waals surface area (Å²) in [5.74, 6) is 0.917. The van der Waals surface area contributed by atoms with E-state index in [1.807, 2.05) is 12.1 Å². The van der Waals surface area contributed by atoms with Crippen LogP contribution in [0.15, 0.2) is 24.3 Å². The molecule has 0 saturated carbocycles. The molecule has 0 radical (unpaired) electrons. The number of hydrogen-bond donors (Lipinski definition) is 1. The number of likely N-dealkylation sites (N-methyl/N-ethyl adjacent to an activating group) is 1. The first-order chi connectivity index (χ1) is 9.00. The fraction of sp³-hybridized carbons (Fsp3) is 0.625. The van der Waals surface area contributed by atoms with Gasteiger partial charge in [-0.2, -0.15) is 0 Å². The minimum absolute atomic E-state index is 0.190. The molecule has 0 bridgehead atoms. The van der Waals surface area contributed by atoms with Crippen molar-refractivity contribution in [1.29, 1.82) is 0 Å². The zero-order valence-electron chi connectivity index (χ0n) is 12.8. The van der Waals surface area contributed by atoms with Crippen molar-refractivity contribution in [2.24, 2.45) is 11.1 Å². The normalized spacial score (nSPS) is 11.9. The Labute approximate surface area is 117 Å². The molecule has 3 heteroatoms. The molecule has 0 amide bonds. The van der Waals surface area contributed by atoms with E-state index in [4.69, 9.17) is 10.5 Å². The highest BCUT2D eigenvalue weighted by molar-refractivity contribution is 5.27. The third-order valence-corrected chi connectivity index (χ3v) is 3.53. The third-order valence-electron chi connectivity index (χ3n) is 3.53. The SMILES string of the molecule is CCN(CCc1ccc(OC)cc1)CC(C)(C)CN. The van der Waals surface area contributed by atoms with E-state index >= 15 is 0 Å². The van der Waals surface area contributed by atoms with E-state index in [1.54, 1.807) is 7.11 Å². The lowest BCUT2D eigenvalue weighted by atomic mass is 9.93. The molecule has 1 rings (SSSR count). The minimum Gasteiger partial charge on any atom is -0.497 e. The summed E-state index contributed by atoms with van der Waals surface area (Å²) in [4.78, 5) is 2.47. The molecular formula is C16H28N2O. The Bertz CT molecular complexity index is 360. The van der Waals surface area contributed by atoms with Crippen LogP contribution >= 0.6 is 0 Å². The molecule has 19 heavy (non-hydrogen) atoms. The maximum Gasteiger partial charge on any atom is 0.118 e. The lowest BCUT2D eigenvalue weighted by molar-refractivity contribution is 0.192. The smallest absolute Gasteiger partial charge is 0.118 e. The molecule has 0 aliphatic heterocycles. The molecule has 0 spiro atoms. The summed E-state index contributed by atoms with van der Waals surface area (Å²) >= 11 is 0. The van der Waals surface area contributed by atoms with Gasteiger partial charge >= 0.3 is 0 Å². The Balaban J connectivity index is 2.48. The third kappa shape index (κ3) is 5.62. The zero-order chi connectivity index (χ0) is 14.3. The molecular weight excluding hydrogens is 236 g/mol. The van der Waals surface area contributed by atoms with Crippen molar-refractivity contribution >= 4 is 0 Å². The molecule has 1 aromatic rings. The zero-order valence-corrected chi connectivity index (χ0v) is 12.8. The average Bonchev–Trinajstić information content (AvgIpc) is 2.44. The van der Waals surface area contributed by atoms with Crippen molar-refractivity contribution in [3.63, 3.8) is 0 Å². The highest BCUT2D eigenvalue weighted by atomic mass is 16.5. The van der Waals surface area contributed by atoms with Gasteiger partial charge in [-0.1, -0.05) is 32.9 Å². The van der Waals surface area contributed by atoms with E-state index in [9.17, 15) is 0 Å². The maximum absolute atomic E-state index is 5.81. The van der Waals surface area contributed by atoms with Crippen molar-refractivity contribution < 1.29 is 4.74 Å². The number of benzene rings is 1. The lowest BCUT2D eigenvalue weighted by Crippen LogP contribution is -2.39. The summed E-state index contributed by atoms with van der Waals surface area (Å²) in [7, 11) is 1.70. The summed E-state index contributed by atoms with van der Waals surface area (Å²) in [6.45, 7) is 10.6. The van der Waals surface area contributed by atoms with Gasteiger partial charge in [-0.3, -0.25) is 0 Å². The molecule has 1 aromatic carbocycles. The van der Waals surface area contributed by atoms with E-state index in [1.165, 1.54) is 5.56 Å². The quantitative estimate of drug-likeness (QED) is 0.784. The molecule has 0 unspecified atom stereocenters. The number of nitrogens with zero attached hydrogens (tertiary/aromatic N) is 1. The van der Waals surface area contributed by atoms with Gasteiger partial charge in [0.15, 0.2) is 0 Å². The molecule has 0 atom stereocenters. The van der Waals surface area contributed by atoms with Crippen LogP contribution in [0, 0.1) is 5.41 Å². The monoisotopic (exact) mass is 264 g/mol. The van der Waals surface area contributed by atoms with Gasteiger partial charge in [0.05, 0.1) is 7.11 Å². The second-order valence-electron chi connectivity index (χ2n) is 5.84. The molecule has 2 N–H and O–H groups in total. The first-order valence-electron chi connectivity index (χ1n) is 7.06. The van der Waals surface area contributed by atoms with E-state index in [0.29, 0.717) is 0 Å². The van der Waals surface area contributed by atoms with Gasteiger partial charge in [0, 0.05) is 13.1 Å². The second-order valence-corrected chi connectivity index (χ2v) is 5.84. The Morgan fingerprint density at radius 1 is 1.21 bits per heavy atom. The summed E-state index contributed by atoms with van der Waals surface area (Å²) < 4.78 is 5.17. The van der Waals surface area contributed by atoms with Crippen LogP contribution in [0.1, 0.15) is 26.3 Å². The fourth-order valence-electron chi connectivity index (χ4n) is 2.10. The molecule has 108 valence electrons. The molecule has 0 aromatic heterocycles. The van der Waals surface area contributed by atoms with E-state index in [-0.39, 0.29) is 5.41 Å². The van der Waals surface area contributed by atoms with Gasteiger partial charge in [-0.05, 0) is 42.6 Å². The highest BCUT2D eigenvalue weighted by Crippen LogP contribution is 2.16. The molecule has 0 saturated heterocycles. The van der Waals surface area contributed by atoms with Gasteiger partial charge in [-0.15, -0.1) is 0 Å². The summed E-state index contributed by atoms with van der Waals surface area (Å²) in [5.41, 5.74) is 7.35. The number of nitrogens with two attached hydrogens (primary N) is 1.